The quantitative estimate of drug-likeness (QED) is 0.780. The fraction of sp³-hybridized carbons (Fsp3) is 0.250. The Morgan fingerprint density at radius 1 is 0.885 bits per heavy atom. The summed E-state index contributed by atoms with van der Waals surface area (Å²) in [6, 6.07) is 10.2. The lowest BCUT2D eigenvalue weighted by Crippen LogP contribution is -2.47. The van der Waals surface area contributed by atoms with Crippen molar-refractivity contribution in [3.8, 4) is 0 Å². The second-order valence-corrected chi connectivity index (χ2v) is 6.16. The number of hydrogen-bond acceptors (Lipinski definition) is 2. The van der Waals surface area contributed by atoms with Crippen LogP contribution in [-0.4, -0.2) is 41.9 Å². The van der Waals surface area contributed by atoms with E-state index in [1.54, 1.807) is 23.1 Å². The Bertz CT molecular complexity index is 794. The van der Waals surface area contributed by atoms with E-state index in [1.807, 2.05) is 0 Å². The molecule has 1 saturated heterocycles. The number of halogens is 3. The molecule has 0 saturated carbocycles. The van der Waals surface area contributed by atoms with Crippen LogP contribution in [0.25, 0.3) is 6.08 Å². The standard InChI is InChI=1S/C20H19F3N2O/c21-17-5-2-1-4-15(17)14-24-10-12-25(13-11-24)20(26)9-8-16-18(22)6-3-7-19(16)23/h1-9H,10-14H2. The summed E-state index contributed by atoms with van der Waals surface area (Å²) in [7, 11) is 0. The van der Waals surface area contributed by atoms with Crippen LogP contribution in [0.3, 0.4) is 0 Å². The molecule has 1 fully saturated rings. The van der Waals surface area contributed by atoms with Gasteiger partial charge in [-0.05, 0) is 24.3 Å². The van der Waals surface area contributed by atoms with Gasteiger partial charge in [-0.2, -0.15) is 0 Å². The van der Waals surface area contributed by atoms with Crippen LogP contribution in [0.15, 0.2) is 48.5 Å². The molecule has 26 heavy (non-hydrogen) atoms. The summed E-state index contributed by atoms with van der Waals surface area (Å²) in [4.78, 5) is 15.9. The van der Waals surface area contributed by atoms with Crippen LogP contribution >= 0.6 is 0 Å². The highest BCUT2D eigenvalue weighted by Crippen LogP contribution is 2.15. The number of amides is 1. The van der Waals surface area contributed by atoms with Crippen LogP contribution in [0.2, 0.25) is 0 Å². The van der Waals surface area contributed by atoms with Crippen molar-refractivity contribution in [2.75, 3.05) is 26.2 Å². The molecule has 1 aliphatic rings. The highest BCUT2D eigenvalue weighted by atomic mass is 19.1. The van der Waals surface area contributed by atoms with E-state index in [9.17, 15) is 18.0 Å². The highest BCUT2D eigenvalue weighted by Gasteiger charge is 2.20. The molecule has 1 aliphatic heterocycles. The molecule has 1 amide bonds. The van der Waals surface area contributed by atoms with Crippen molar-refractivity contribution in [1.29, 1.82) is 0 Å². The molecule has 3 nitrogen and oxygen atoms in total. The SMILES string of the molecule is O=C(C=Cc1c(F)cccc1F)N1CCN(Cc2ccccc2F)CC1. The molecule has 0 unspecified atom stereocenters. The summed E-state index contributed by atoms with van der Waals surface area (Å²) < 4.78 is 40.9. The van der Waals surface area contributed by atoms with E-state index >= 15 is 0 Å². The average molecular weight is 360 g/mol. The molecule has 0 spiro atoms. The van der Waals surface area contributed by atoms with Crippen molar-refractivity contribution in [1.82, 2.24) is 9.80 Å². The number of carbonyl (C=O) groups is 1. The van der Waals surface area contributed by atoms with E-state index < -0.39 is 11.6 Å². The molecular formula is C20H19F3N2O. The Morgan fingerprint density at radius 2 is 1.50 bits per heavy atom. The normalized spacial score (nSPS) is 15.6. The number of carbonyl (C=O) groups excluding carboxylic acids is 1. The summed E-state index contributed by atoms with van der Waals surface area (Å²) in [5.74, 6) is -1.94. The molecule has 3 rings (SSSR count). The Kier molecular flexibility index (Phi) is 5.73. The first kappa shape index (κ1) is 18.2. The summed E-state index contributed by atoms with van der Waals surface area (Å²) in [5.41, 5.74) is 0.404. The second kappa shape index (κ2) is 8.19. The minimum absolute atomic E-state index is 0.223. The van der Waals surface area contributed by atoms with Crippen molar-refractivity contribution in [3.63, 3.8) is 0 Å². The second-order valence-electron chi connectivity index (χ2n) is 6.16. The Labute approximate surface area is 150 Å². The van der Waals surface area contributed by atoms with Crippen molar-refractivity contribution >= 4 is 12.0 Å². The Hall–Kier alpha value is -2.60. The molecule has 0 aromatic heterocycles. The minimum atomic E-state index is -0.705. The lowest BCUT2D eigenvalue weighted by Gasteiger charge is -2.34. The Morgan fingerprint density at radius 3 is 2.15 bits per heavy atom. The number of benzene rings is 2. The van der Waals surface area contributed by atoms with E-state index in [2.05, 4.69) is 4.90 Å². The first-order valence-electron chi connectivity index (χ1n) is 8.41. The topological polar surface area (TPSA) is 23.6 Å². The number of hydrogen-bond donors (Lipinski definition) is 0. The fourth-order valence-electron chi connectivity index (χ4n) is 2.92. The predicted molar refractivity (Wildman–Crippen MR) is 93.6 cm³/mol. The van der Waals surface area contributed by atoms with Gasteiger partial charge < -0.3 is 4.90 Å². The van der Waals surface area contributed by atoms with Crippen molar-refractivity contribution in [3.05, 3.63) is 77.1 Å². The van der Waals surface area contributed by atoms with Crippen molar-refractivity contribution < 1.29 is 18.0 Å². The van der Waals surface area contributed by atoms with Gasteiger partial charge in [0.1, 0.15) is 17.5 Å². The van der Waals surface area contributed by atoms with Gasteiger partial charge in [0.2, 0.25) is 5.91 Å². The van der Waals surface area contributed by atoms with Crippen molar-refractivity contribution in [2.24, 2.45) is 0 Å². The molecule has 0 radical (unpaired) electrons. The van der Waals surface area contributed by atoms with E-state index in [1.165, 1.54) is 24.3 Å². The van der Waals surface area contributed by atoms with Gasteiger partial charge in [-0.3, -0.25) is 9.69 Å². The zero-order chi connectivity index (χ0) is 18.5. The van der Waals surface area contributed by atoms with Crippen LogP contribution in [0.4, 0.5) is 13.2 Å². The largest absolute Gasteiger partial charge is 0.337 e. The van der Waals surface area contributed by atoms with E-state index in [0.29, 0.717) is 38.3 Å². The third kappa shape index (κ3) is 4.32. The monoisotopic (exact) mass is 360 g/mol. The van der Waals surface area contributed by atoms with Crippen LogP contribution in [0.5, 0.6) is 0 Å². The molecule has 2 aromatic rings. The maximum atomic E-state index is 13.7. The molecule has 6 heteroatoms. The lowest BCUT2D eigenvalue weighted by molar-refractivity contribution is -0.127. The van der Waals surface area contributed by atoms with Crippen LogP contribution in [0.1, 0.15) is 11.1 Å². The van der Waals surface area contributed by atoms with Gasteiger partial charge in [0.25, 0.3) is 0 Å². The van der Waals surface area contributed by atoms with E-state index in [-0.39, 0.29) is 17.3 Å². The molecule has 0 atom stereocenters. The van der Waals surface area contributed by atoms with Gasteiger partial charge in [-0.25, -0.2) is 13.2 Å². The number of rotatable bonds is 4. The molecular weight excluding hydrogens is 341 g/mol. The van der Waals surface area contributed by atoms with Gasteiger partial charge in [0.15, 0.2) is 0 Å². The van der Waals surface area contributed by atoms with Crippen LogP contribution in [-0.2, 0) is 11.3 Å². The third-order valence-corrected chi connectivity index (χ3v) is 4.43. The molecule has 1 heterocycles. The fourth-order valence-corrected chi connectivity index (χ4v) is 2.92. The zero-order valence-corrected chi connectivity index (χ0v) is 14.2. The lowest BCUT2D eigenvalue weighted by atomic mass is 10.1. The van der Waals surface area contributed by atoms with Crippen LogP contribution < -0.4 is 0 Å². The molecule has 2 aromatic carbocycles. The molecule has 0 N–H and O–H groups in total. The number of nitrogens with zero attached hydrogens (tertiary/aromatic N) is 2. The van der Waals surface area contributed by atoms with Crippen molar-refractivity contribution in [2.45, 2.75) is 6.54 Å². The summed E-state index contributed by atoms with van der Waals surface area (Å²) >= 11 is 0. The predicted octanol–water partition coefficient (Wildman–Crippen LogP) is 3.46. The summed E-state index contributed by atoms with van der Waals surface area (Å²) in [6.07, 6.45) is 2.35. The van der Waals surface area contributed by atoms with E-state index in [0.717, 1.165) is 12.1 Å². The molecule has 136 valence electrons. The summed E-state index contributed by atoms with van der Waals surface area (Å²) in [5, 5.41) is 0. The van der Waals surface area contributed by atoms with Gasteiger partial charge in [-0.15, -0.1) is 0 Å². The van der Waals surface area contributed by atoms with Gasteiger partial charge >= 0.3 is 0 Å². The zero-order valence-electron chi connectivity index (χ0n) is 14.2. The Balaban J connectivity index is 1.55. The maximum Gasteiger partial charge on any atom is 0.246 e. The van der Waals surface area contributed by atoms with Crippen LogP contribution in [0, 0.1) is 17.5 Å². The highest BCUT2D eigenvalue weighted by molar-refractivity contribution is 5.91. The molecule has 0 aliphatic carbocycles. The maximum absolute atomic E-state index is 13.7. The van der Waals surface area contributed by atoms with Gasteiger partial charge in [0, 0.05) is 49.9 Å². The van der Waals surface area contributed by atoms with Gasteiger partial charge in [-0.1, -0.05) is 24.3 Å². The molecule has 0 bridgehead atoms. The van der Waals surface area contributed by atoms with Gasteiger partial charge in [0.05, 0.1) is 0 Å². The average Bonchev–Trinajstić information content (AvgIpc) is 2.64. The first-order chi connectivity index (χ1) is 12.5. The first-order valence-corrected chi connectivity index (χ1v) is 8.41. The third-order valence-electron chi connectivity index (χ3n) is 4.43. The van der Waals surface area contributed by atoms with E-state index in [4.69, 9.17) is 0 Å². The minimum Gasteiger partial charge on any atom is -0.337 e. The number of piperazine rings is 1. The smallest absolute Gasteiger partial charge is 0.246 e. The summed E-state index contributed by atoms with van der Waals surface area (Å²) in [6.45, 7) is 2.68.